The molecule has 0 radical (unpaired) electrons. The molecule has 1 aliphatic rings. The first-order chi connectivity index (χ1) is 12.5. The molecule has 26 heavy (non-hydrogen) atoms. The van der Waals surface area contributed by atoms with E-state index in [2.05, 4.69) is 0 Å². The third-order valence-electron chi connectivity index (χ3n) is 4.43. The Kier molecular flexibility index (Phi) is 5.56. The lowest BCUT2D eigenvalue weighted by Gasteiger charge is -2.30. The van der Waals surface area contributed by atoms with Gasteiger partial charge in [0.1, 0.15) is 12.4 Å². The topological polar surface area (TPSA) is 57.7 Å². The number of carbonyl (C=O) groups excluding carboxylic acids is 1. The summed E-state index contributed by atoms with van der Waals surface area (Å²) in [6, 6.07) is 13.1. The normalized spacial score (nSPS) is 14.9. The van der Waals surface area contributed by atoms with Gasteiger partial charge in [0.15, 0.2) is 0 Å². The average Bonchev–Trinajstić information content (AvgIpc) is 2.67. The number of nitrogens with zero attached hydrogens (tertiary/aromatic N) is 2. The van der Waals surface area contributed by atoms with Gasteiger partial charge >= 0.3 is 0 Å². The number of hydrogen-bond acceptors (Lipinski definition) is 3. The molecule has 0 atom stereocenters. The summed E-state index contributed by atoms with van der Waals surface area (Å²) >= 11 is 0. The fourth-order valence-electron chi connectivity index (χ4n) is 3.01. The van der Waals surface area contributed by atoms with Gasteiger partial charge in [0.2, 0.25) is 5.91 Å². The van der Waals surface area contributed by atoms with E-state index in [-0.39, 0.29) is 17.3 Å². The van der Waals surface area contributed by atoms with Crippen LogP contribution < -0.4 is 4.31 Å². The lowest BCUT2D eigenvalue weighted by Crippen LogP contribution is -2.44. The van der Waals surface area contributed by atoms with Gasteiger partial charge in [-0.15, -0.1) is 0 Å². The van der Waals surface area contributed by atoms with Crippen LogP contribution >= 0.6 is 0 Å². The van der Waals surface area contributed by atoms with E-state index in [0.717, 1.165) is 35.7 Å². The van der Waals surface area contributed by atoms with Crippen molar-refractivity contribution >= 4 is 21.6 Å². The van der Waals surface area contributed by atoms with Crippen LogP contribution in [0.2, 0.25) is 0 Å². The van der Waals surface area contributed by atoms with Gasteiger partial charge < -0.3 is 4.90 Å². The molecule has 1 fully saturated rings. The van der Waals surface area contributed by atoms with Gasteiger partial charge in [-0.3, -0.25) is 9.10 Å². The zero-order chi connectivity index (χ0) is 18.6. The molecule has 0 N–H and O–H groups in total. The van der Waals surface area contributed by atoms with Crippen molar-refractivity contribution in [1.82, 2.24) is 4.90 Å². The molecule has 5 nitrogen and oxygen atoms in total. The summed E-state index contributed by atoms with van der Waals surface area (Å²) in [5.41, 5.74) is 0.405. The molecule has 0 aromatic heterocycles. The molecule has 2 aromatic carbocycles. The Bertz CT molecular complexity index is 848. The number of para-hydroxylation sites is 1. The SMILES string of the molecule is O=C(CN(c1ccccc1)S(=O)(=O)c1ccc(F)cc1)N1CCCCC1. The van der Waals surface area contributed by atoms with Crippen LogP contribution in [0, 0.1) is 5.82 Å². The second-order valence-electron chi connectivity index (χ2n) is 6.24. The summed E-state index contributed by atoms with van der Waals surface area (Å²) < 4.78 is 40.5. The largest absolute Gasteiger partial charge is 0.341 e. The van der Waals surface area contributed by atoms with Gasteiger partial charge in [-0.1, -0.05) is 18.2 Å². The number of benzene rings is 2. The third-order valence-corrected chi connectivity index (χ3v) is 6.22. The number of halogens is 1. The van der Waals surface area contributed by atoms with Crippen LogP contribution in [0.5, 0.6) is 0 Å². The quantitative estimate of drug-likeness (QED) is 0.806. The van der Waals surface area contributed by atoms with Crippen molar-refractivity contribution in [2.75, 3.05) is 23.9 Å². The Balaban J connectivity index is 1.93. The van der Waals surface area contributed by atoms with Crippen molar-refractivity contribution in [1.29, 1.82) is 0 Å². The fraction of sp³-hybridized carbons (Fsp3) is 0.316. The predicted octanol–water partition coefficient (Wildman–Crippen LogP) is 3.03. The summed E-state index contributed by atoms with van der Waals surface area (Å²) in [6.07, 6.45) is 2.95. The summed E-state index contributed by atoms with van der Waals surface area (Å²) in [5.74, 6) is -0.737. The molecular formula is C19H21FN2O3S. The van der Waals surface area contributed by atoms with E-state index in [4.69, 9.17) is 0 Å². The van der Waals surface area contributed by atoms with Crippen LogP contribution in [0.1, 0.15) is 19.3 Å². The minimum absolute atomic E-state index is 0.0470. The maximum Gasteiger partial charge on any atom is 0.264 e. The van der Waals surface area contributed by atoms with E-state index in [9.17, 15) is 17.6 Å². The monoisotopic (exact) mass is 376 g/mol. The number of rotatable bonds is 5. The Morgan fingerprint density at radius 2 is 1.58 bits per heavy atom. The Morgan fingerprint density at radius 3 is 2.19 bits per heavy atom. The second kappa shape index (κ2) is 7.86. The molecule has 1 aliphatic heterocycles. The Labute approximate surface area is 153 Å². The van der Waals surface area contributed by atoms with Gasteiger partial charge in [-0.05, 0) is 55.7 Å². The number of likely N-dealkylation sites (tertiary alicyclic amines) is 1. The van der Waals surface area contributed by atoms with Crippen LogP contribution in [0.4, 0.5) is 10.1 Å². The average molecular weight is 376 g/mol. The third kappa shape index (κ3) is 4.04. The van der Waals surface area contributed by atoms with Crippen LogP contribution in [-0.4, -0.2) is 38.9 Å². The highest BCUT2D eigenvalue weighted by atomic mass is 32.2. The molecule has 138 valence electrons. The lowest BCUT2D eigenvalue weighted by atomic mass is 10.1. The number of hydrogen-bond donors (Lipinski definition) is 0. The van der Waals surface area contributed by atoms with Crippen LogP contribution in [0.25, 0.3) is 0 Å². The molecular weight excluding hydrogens is 355 g/mol. The van der Waals surface area contributed by atoms with Gasteiger partial charge in [0, 0.05) is 13.1 Å². The Hall–Kier alpha value is -2.41. The van der Waals surface area contributed by atoms with Gasteiger partial charge in [-0.2, -0.15) is 0 Å². The Morgan fingerprint density at radius 1 is 0.962 bits per heavy atom. The molecule has 1 heterocycles. The lowest BCUT2D eigenvalue weighted by molar-refractivity contribution is -0.130. The van der Waals surface area contributed by atoms with E-state index in [1.165, 1.54) is 12.1 Å². The van der Waals surface area contributed by atoms with E-state index in [0.29, 0.717) is 18.8 Å². The molecule has 0 spiro atoms. The predicted molar refractivity (Wildman–Crippen MR) is 97.8 cm³/mol. The first-order valence-corrected chi connectivity index (χ1v) is 10.0. The number of carbonyl (C=O) groups is 1. The minimum Gasteiger partial charge on any atom is -0.341 e. The molecule has 0 unspecified atom stereocenters. The zero-order valence-corrected chi connectivity index (χ0v) is 15.2. The molecule has 3 rings (SSSR count). The van der Waals surface area contributed by atoms with Crippen molar-refractivity contribution in [3.05, 3.63) is 60.4 Å². The maximum absolute atomic E-state index is 13.2. The maximum atomic E-state index is 13.2. The van der Waals surface area contributed by atoms with Crippen molar-refractivity contribution < 1.29 is 17.6 Å². The van der Waals surface area contributed by atoms with Gasteiger partial charge in [-0.25, -0.2) is 12.8 Å². The van der Waals surface area contributed by atoms with E-state index in [1.807, 2.05) is 0 Å². The summed E-state index contributed by atoms with van der Waals surface area (Å²) in [4.78, 5) is 14.3. The van der Waals surface area contributed by atoms with Crippen LogP contribution in [0.15, 0.2) is 59.5 Å². The standard InChI is InChI=1S/C19H21FN2O3S/c20-16-9-11-18(12-10-16)26(24,25)22(17-7-3-1-4-8-17)15-19(23)21-13-5-2-6-14-21/h1,3-4,7-12H,2,5-6,13-15H2. The van der Waals surface area contributed by atoms with Crippen molar-refractivity contribution in [3.63, 3.8) is 0 Å². The molecule has 1 saturated heterocycles. The second-order valence-corrected chi connectivity index (χ2v) is 8.10. The molecule has 1 amide bonds. The van der Waals surface area contributed by atoms with Gasteiger partial charge in [0.25, 0.3) is 10.0 Å². The number of amides is 1. The summed E-state index contributed by atoms with van der Waals surface area (Å²) in [5, 5.41) is 0. The van der Waals surface area contributed by atoms with Gasteiger partial charge in [0.05, 0.1) is 10.6 Å². The number of sulfonamides is 1. The first-order valence-electron chi connectivity index (χ1n) is 8.59. The number of anilines is 1. The van der Waals surface area contributed by atoms with Crippen molar-refractivity contribution in [2.45, 2.75) is 24.2 Å². The zero-order valence-electron chi connectivity index (χ0n) is 14.3. The first kappa shape index (κ1) is 18.4. The molecule has 0 aliphatic carbocycles. The van der Waals surface area contributed by atoms with E-state index in [1.54, 1.807) is 35.2 Å². The number of piperidine rings is 1. The van der Waals surface area contributed by atoms with E-state index < -0.39 is 15.8 Å². The highest BCUT2D eigenvalue weighted by Gasteiger charge is 2.29. The summed E-state index contributed by atoms with van der Waals surface area (Å²) in [6.45, 7) is 1.03. The summed E-state index contributed by atoms with van der Waals surface area (Å²) in [7, 11) is -3.99. The molecule has 2 aromatic rings. The van der Waals surface area contributed by atoms with Crippen molar-refractivity contribution in [3.8, 4) is 0 Å². The van der Waals surface area contributed by atoms with Crippen molar-refractivity contribution in [2.24, 2.45) is 0 Å². The van der Waals surface area contributed by atoms with Crippen LogP contribution in [0.3, 0.4) is 0 Å². The fourth-order valence-corrected chi connectivity index (χ4v) is 4.42. The molecule has 0 bridgehead atoms. The minimum atomic E-state index is -3.99. The smallest absolute Gasteiger partial charge is 0.264 e. The highest BCUT2D eigenvalue weighted by molar-refractivity contribution is 7.92. The highest BCUT2D eigenvalue weighted by Crippen LogP contribution is 2.24. The molecule has 7 heteroatoms. The van der Waals surface area contributed by atoms with E-state index >= 15 is 0 Å². The molecule has 0 saturated carbocycles. The van der Waals surface area contributed by atoms with Crippen LogP contribution in [-0.2, 0) is 14.8 Å².